The Hall–Kier alpha value is -11.9. The zero-order valence-electron chi connectivity index (χ0n) is 73.7. The van der Waals surface area contributed by atoms with Gasteiger partial charge in [0.25, 0.3) is 0 Å². The van der Waals surface area contributed by atoms with Crippen molar-refractivity contribution in [1.82, 2.24) is 26.5 Å². The van der Waals surface area contributed by atoms with Gasteiger partial charge >= 0.3 is 0 Å². The van der Waals surface area contributed by atoms with Crippen LogP contribution in [0, 0.1) is 46.5 Å². The van der Waals surface area contributed by atoms with Crippen molar-refractivity contribution in [2.75, 3.05) is 24.5 Å². The SMILES string of the molecule is C.C.C.C.C.[2H]N1C(C)=C(C)N(c2ccccc2C)C1c1ccccc1.[2H]N1C(C)=C(C)N(c2ccccc2C)C1c1ccccc1.[2H]N1C(C2CCCC2)=C(C)N(c2ccccc2C)C1c1ccccc1.[2H]N1C(C2CCCCC2)=C(C)N(c2ccccc2C)C1c1ccccc1.[2H]N1C(c2ccccc2)=C(C)N(c2ccccc2C)C1c1ccccc1. The van der Waals surface area contributed by atoms with Gasteiger partial charge in [0.15, 0.2) is 7.06 Å². The van der Waals surface area contributed by atoms with Gasteiger partial charge in [-0.1, -0.05) is 342 Å². The highest BCUT2D eigenvalue weighted by molar-refractivity contribution is 5.78. The van der Waals surface area contributed by atoms with Crippen LogP contribution in [-0.2, 0) is 0 Å². The van der Waals surface area contributed by atoms with E-state index < -0.39 is 0 Å². The topological polar surface area (TPSA) is 76.3 Å². The highest BCUT2D eigenvalue weighted by Crippen LogP contribution is 2.47. The van der Waals surface area contributed by atoms with E-state index in [1.165, 1.54) is 131 Å². The van der Waals surface area contributed by atoms with E-state index in [2.05, 4.69) is 312 Å². The largest absolute Gasteiger partial charge is 0.363 e. The molecular formula is C109H136N10. The first kappa shape index (κ1) is 83.6. The van der Waals surface area contributed by atoms with Crippen LogP contribution in [0.4, 0.5) is 28.4 Å². The van der Waals surface area contributed by atoms with Crippen molar-refractivity contribution in [2.24, 2.45) is 11.8 Å². The molecule has 5 unspecified atom stereocenters. The van der Waals surface area contributed by atoms with Gasteiger partial charge in [0.1, 0.15) is 30.8 Å². The molecule has 119 heavy (non-hydrogen) atoms. The third-order valence-electron chi connectivity index (χ3n) is 23.7. The summed E-state index contributed by atoms with van der Waals surface area (Å²) in [6.45, 7) is 25.4. The number of hydrogen-bond donors (Lipinski definition) is 5. The molecule has 5 N–H and O–H groups in total. The molecular weight excluding hydrogens is 1450 g/mol. The van der Waals surface area contributed by atoms with Crippen LogP contribution < -0.4 is 51.0 Å². The first-order chi connectivity index (χ1) is 57.8. The lowest BCUT2D eigenvalue weighted by Gasteiger charge is -2.30. The van der Waals surface area contributed by atoms with Crippen molar-refractivity contribution in [3.8, 4) is 0 Å². The van der Waals surface area contributed by atoms with Crippen molar-refractivity contribution in [2.45, 2.75) is 209 Å². The average molecular weight is 1590 g/mol. The molecule has 10 nitrogen and oxygen atoms in total. The van der Waals surface area contributed by atoms with Crippen LogP contribution in [0.2, 0.25) is 7.06 Å². The molecule has 0 spiro atoms. The van der Waals surface area contributed by atoms with E-state index in [-0.39, 0.29) is 68.0 Å². The van der Waals surface area contributed by atoms with E-state index >= 15 is 0 Å². The second kappa shape index (κ2) is 42.5. The van der Waals surface area contributed by atoms with E-state index in [1.54, 1.807) is 26.5 Å². The molecule has 2 saturated carbocycles. The fraction of sp³-hybridized carbons (Fsp3) is 0.303. The fourth-order valence-electron chi connectivity index (χ4n) is 17.4. The molecule has 5 aliphatic heterocycles. The van der Waals surface area contributed by atoms with Gasteiger partial charge in [-0.2, -0.15) is 0 Å². The van der Waals surface area contributed by atoms with Crippen LogP contribution in [0.25, 0.3) is 5.70 Å². The molecule has 0 aromatic heterocycles. The Morgan fingerprint density at radius 3 is 0.706 bits per heavy atom. The standard InChI is InChI=1S/C23H28N2.C23H22N2.C22H26N2.2C18H20N2.5CH4/c2*1-17-11-9-10-16-21(17)25-18(2)22(19-12-5-3-6-13-19)24-23(25)20-14-7-4-8-15-20;1-16-10-6-9-15-20(16)24-17(2)21(18-11-7-8-12-18)23-22(24)19-13-4-3-5-14-19;2*1-13-9-7-8-12-17(13)20-15(3)14(2)19-18(20)16-10-5-4-6-11-16;;;;;/h4,7-11,14-16,19,23-24H,3,5-6,12-13H2,1-2H3;3-16,23-24H,1-2H3;3-6,9-10,13-15,18,22-23H,7-8,11-12H2,1-2H3;2*4-12,18-19H,1-3H3;5*1H4/i/hD5. The second-order valence-electron chi connectivity index (χ2n) is 31.2. The van der Waals surface area contributed by atoms with Gasteiger partial charge in [0.05, 0.1) is 5.70 Å². The van der Waals surface area contributed by atoms with Crippen molar-refractivity contribution in [3.05, 3.63) is 416 Å². The minimum atomic E-state index is -0.187. The summed E-state index contributed by atoms with van der Waals surface area (Å²) >= 11 is 0. The van der Waals surface area contributed by atoms with Crippen LogP contribution in [0.1, 0.15) is 235 Å². The number of allylic oxidation sites excluding steroid dienone is 9. The first-order valence-corrected chi connectivity index (χ1v) is 41.2. The Balaban J connectivity index is 0.000000174. The Kier molecular flexibility index (Phi) is 29.9. The molecule has 0 radical (unpaired) electrons. The summed E-state index contributed by atoms with van der Waals surface area (Å²) in [4.78, 5) is 11.5. The number of aryl methyl sites for hydroxylation is 5. The molecule has 5 heterocycles. The summed E-state index contributed by atoms with van der Waals surface area (Å²) in [6.07, 6.45) is 10.8. The van der Waals surface area contributed by atoms with Gasteiger partial charge in [-0.05, 0) is 200 Å². The third kappa shape index (κ3) is 20.3. The van der Waals surface area contributed by atoms with Gasteiger partial charge in [0, 0.05) is 91.5 Å². The number of benzene rings is 11. The zero-order valence-corrected chi connectivity index (χ0v) is 68.7. The molecule has 0 amide bonds. The van der Waals surface area contributed by atoms with E-state index in [0.717, 1.165) is 73.5 Å². The van der Waals surface area contributed by atoms with Gasteiger partial charge in [-0.25, -0.2) is 0 Å². The molecule has 10 heteroatoms. The molecule has 5 atom stereocenters. The zero-order chi connectivity index (χ0) is 83.5. The summed E-state index contributed by atoms with van der Waals surface area (Å²) in [5, 5.41) is 8.45. The van der Waals surface area contributed by atoms with E-state index in [0.29, 0.717) is 11.8 Å². The minimum Gasteiger partial charge on any atom is -0.363 e. The molecule has 2 aliphatic carbocycles. The lowest BCUT2D eigenvalue weighted by atomic mass is 9.86. The maximum absolute atomic E-state index is 9.03. The lowest BCUT2D eigenvalue weighted by molar-refractivity contribution is 0.384. The normalized spacial score (nSPS) is 19.6. The Labute approximate surface area is 724 Å². The Morgan fingerprint density at radius 2 is 0.437 bits per heavy atom. The van der Waals surface area contributed by atoms with E-state index in [1.807, 2.05) is 98.8 Å². The Morgan fingerprint density at radius 1 is 0.227 bits per heavy atom. The maximum Gasteiger partial charge on any atom is 0.163 e. The molecule has 0 bridgehead atoms. The first-order valence-electron chi connectivity index (χ1n) is 43.4. The van der Waals surface area contributed by atoms with Crippen LogP contribution in [0.15, 0.2) is 355 Å². The maximum atomic E-state index is 9.03. The highest BCUT2D eigenvalue weighted by Gasteiger charge is 2.39. The number of nitrogens with zero attached hydrogens (tertiary/aromatic N) is 5. The number of anilines is 5. The van der Waals surface area contributed by atoms with Crippen LogP contribution >= 0.6 is 0 Å². The number of para-hydroxylation sites is 5. The molecule has 11 aromatic carbocycles. The molecule has 11 aromatic rings. The smallest absolute Gasteiger partial charge is 0.163 e. The quantitative estimate of drug-likeness (QED) is 0.0771. The third-order valence-corrected chi connectivity index (χ3v) is 23.7. The summed E-state index contributed by atoms with van der Waals surface area (Å²) < 4.78 is 43.8. The van der Waals surface area contributed by atoms with Crippen molar-refractivity contribution < 1.29 is 7.06 Å². The van der Waals surface area contributed by atoms with E-state index in [4.69, 9.17) is 7.06 Å². The van der Waals surface area contributed by atoms with Crippen LogP contribution in [-0.4, -0.2) is 0 Å². The summed E-state index contributed by atoms with van der Waals surface area (Å²) in [5.41, 5.74) is 30.1. The monoisotopic (exact) mass is 1590 g/mol. The van der Waals surface area contributed by atoms with Gasteiger partial charge < -0.3 is 51.0 Å². The second-order valence-corrected chi connectivity index (χ2v) is 31.2. The molecule has 7 aliphatic rings. The van der Waals surface area contributed by atoms with Crippen LogP contribution in [0.3, 0.4) is 0 Å². The molecule has 0 saturated heterocycles. The molecule has 622 valence electrons. The van der Waals surface area contributed by atoms with Crippen molar-refractivity contribution >= 4 is 34.1 Å². The number of nitrogens with one attached hydrogen (secondary N) is 5. The Bertz CT molecular complexity index is 5300. The minimum absolute atomic E-state index is 0. The molecule has 2 fully saturated rings. The van der Waals surface area contributed by atoms with Crippen LogP contribution in [0.5, 0.6) is 0 Å². The van der Waals surface area contributed by atoms with E-state index in [9.17, 15) is 0 Å². The predicted octanol–water partition coefficient (Wildman–Crippen LogP) is 28.8. The summed E-state index contributed by atoms with van der Waals surface area (Å²) in [5.74, 6) is 1.04. The van der Waals surface area contributed by atoms with Crippen molar-refractivity contribution in [1.29, 1.82) is 0 Å². The number of hydrogen-bond acceptors (Lipinski definition) is 10. The summed E-state index contributed by atoms with van der Waals surface area (Å²) in [6, 6.07) is 104. The van der Waals surface area contributed by atoms with Gasteiger partial charge in [-0.15, -0.1) is 0 Å². The molecule has 18 rings (SSSR count). The average Bonchev–Trinajstić information content (AvgIpc) is 1.60. The predicted molar refractivity (Wildman–Crippen MR) is 513 cm³/mol. The van der Waals surface area contributed by atoms with Gasteiger partial charge in [-0.3, -0.25) is 0 Å². The van der Waals surface area contributed by atoms with Gasteiger partial charge in [0.2, 0.25) is 0 Å². The van der Waals surface area contributed by atoms with Crippen molar-refractivity contribution in [3.63, 3.8) is 0 Å². The lowest BCUT2D eigenvalue weighted by Crippen LogP contribution is -2.30. The summed E-state index contributed by atoms with van der Waals surface area (Å²) in [7, 11) is 0. The highest BCUT2D eigenvalue weighted by atomic mass is 15.4. The fourth-order valence-corrected chi connectivity index (χ4v) is 17.4. The number of rotatable bonds is 13.